The molecule has 0 saturated carbocycles. The molecule has 0 bridgehead atoms. The Bertz CT molecular complexity index is 650. The van der Waals surface area contributed by atoms with Gasteiger partial charge in [0, 0.05) is 27.3 Å². The third-order valence-corrected chi connectivity index (χ3v) is 5.17. The van der Waals surface area contributed by atoms with Crippen LogP contribution >= 0.6 is 0 Å². The van der Waals surface area contributed by atoms with E-state index in [1.165, 1.54) is 0 Å². The van der Waals surface area contributed by atoms with Crippen molar-refractivity contribution in [3.63, 3.8) is 0 Å². The second kappa shape index (κ2) is 34.8. The molecule has 0 aliphatic heterocycles. The Morgan fingerprint density at radius 3 is 1.29 bits per heavy atom. The van der Waals surface area contributed by atoms with Crippen molar-refractivity contribution in [1.29, 1.82) is 0 Å². The maximum Gasteiger partial charge on any atom is 0.259 e. The van der Waals surface area contributed by atoms with E-state index in [9.17, 15) is 14.4 Å². The number of hydrogen-bond acceptors (Lipinski definition) is 15. The summed E-state index contributed by atoms with van der Waals surface area (Å²) < 4.78 is 58.1. The standard InChI is InChI=1S/C27H54N4O14/c1-35-7-9-39-13-17-43-21-25(32)29-3-5-37-11-15-41-19-24(45-23-27(34)31-28)20-42-16-12-38-6-4-30-26(33)22-44-18-14-40-10-8-36-2/h24H,3-23,28H2,1-2H3,(H,29,32)(H,30,33)(H,31,34). The van der Waals surface area contributed by atoms with Crippen LogP contribution in [-0.2, 0) is 66.5 Å². The van der Waals surface area contributed by atoms with E-state index in [-0.39, 0.29) is 58.1 Å². The zero-order valence-electron chi connectivity index (χ0n) is 26.7. The lowest BCUT2D eigenvalue weighted by molar-refractivity contribution is -0.132. The topological polar surface area (TPSA) is 215 Å². The molecule has 0 atom stereocenters. The van der Waals surface area contributed by atoms with Crippen molar-refractivity contribution in [1.82, 2.24) is 16.1 Å². The van der Waals surface area contributed by atoms with Crippen LogP contribution in [0.1, 0.15) is 0 Å². The molecule has 0 unspecified atom stereocenters. The van der Waals surface area contributed by atoms with Gasteiger partial charge in [-0.2, -0.15) is 0 Å². The normalized spacial score (nSPS) is 11.2. The molecule has 266 valence electrons. The first-order valence-electron chi connectivity index (χ1n) is 14.8. The number of carbonyl (C=O) groups excluding carboxylic acids is 3. The van der Waals surface area contributed by atoms with Crippen molar-refractivity contribution in [3.05, 3.63) is 0 Å². The van der Waals surface area contributed by atoms with Gasteiger partial charge in [0.15, 0.2) is 0 Å². The lowest BCUT2D eigenvalue weighted by Crippen LogP contribution is -2.37. The minimum atomic E-state index is -0.531. The average molecular weight is 659 g/mol. The molecule has 0 spiro atoms. The lowest BCUT2D eigenvalue weighted by atomic mass is 10.4. The van der Waals surface area contributed by atoms with Gasteiger partial charge >= 0.3 is 0 Å². The Balaban J connectivity index is 3.80. The first-order chi connectivity index (χ1) is 22.0. The molecule has 18 heteroatoms. The molecule has 0 fully saturated rings. The summed E-state index contributed by atoms with van der Waals surface area (Å²) in [5.74, 6) is 4.11. The van der Waals surface area contributed by atoms with Gasteiger partial charge in [-0.25, -0.2) is 5.84 Å². The van der Waals surface area contributed by atoms with Crippen LogP contribution in [0.5, 0.6) is 0 Å². The van der Waals surface area contributed by atoms with Crippen molar-refractivity contribution >= 4 is 17.7 Å². The van der Waals surface area contributed by atoms with Crippen molar-refractivity contribution in [2.24, 2.45) is 5.84 Å². The van der Waals surface area contributed by atoms with Crippen molar-refractivity contribution in [2.75, 3.05) is 153 Å². The van der Waals surface area contributed by atoms with Crippen LogP contribution in [0, 0.1) is 0 Å². The number of ether oxygens (including phenoxy) is 11. The Morgan fingerprint density at radius 2 is 0.867 bits per heavy atom. The van der Waals surface area contributed by atoms with Crippen LogP contribution in [-0.4, -0.2) is 177 Å². The summed E-state index contributed by atoms with van der Waals surface area (Å²) >= 11 is 0. The Morgan fingerprint density at radius 1 is 0.489 bits per heavy atom. The molecular formula is C27H54N4O14. The molecule has 18 nitrogen and oxygen atoms in total. The molecule has 0 aliphatic carbocycles. The monoisotopic (exact) mass is 658 g/mol. The molecule has 0 rings (SSSR count). The van der Waals surface area contributed by atoms with Crippen LogP contribution in [0.25, 0.3) is 0 Å². The van der Waals surface area contributed by atoms with Gasteiger partial charge in [0.1, 0.15) is 25.9 Å². The van der Waals surface area contributed by atoms with Crippen LogP contribution in [0.4, 0.5) is 0 Å². The largest absolute Gasteiger partial charge is 0.382 e. The van der Waals surface area contributed by atoms with E-state index < -0.39 is 12.0 Å². The van der Waals surface area contributed by atoms with Gasteiger partial charge in [0.25, 0.3) is 5.91 Å². The molecule has 0 aromatic heterocycles. The fourth-order valence-corrected chi connectivity index (χ4v) is 2.93. The molecule has 0 aliphatic rings. The average Bonchev–Trinajstić information content (AvgIpc) is 3.04. The van der Waals surface area contributed by atoms with Crippen LogP contribution in [0.3, 0.4) is 0 Å². The third-order valence-electron chi connectivity index (χ3n) is 5.17. The van der Waals surface area contributed by atoms with Crippen LogP contribution in [0.15, 0.2) is 0 Å². The molecular weight excluding hydrogens is 604 g/mol. The molecule has 45 heavy (non-hydrogen) atoms. The summed E-state index contributed by atoms with van der Waals surface area (Å²) in [6.07, 6.45) is -0.531. The van der Waals surface area contributed by atoms with E-state index in [1.54, 1.807) is 14.2 Å². The maximum absolute atomic E-state index is 11.7. The summed E-state index contributed by atoms with van der Waals surface area (Å²) in [7, 11) is 3.19. The van der Waals surface area contributed by atoms with Gasteiger partial charge in [0.05, 0.1) is 106 Å². The summed E-state index contributed by atoms with van der Waals surface area (Å²) in [6, 6.07) is 0. The fraction of sp³-hybridized carbons (Fsp3) is 0.889. The zero-order valence-corrected chi connectivity index (χ0v) is 26.7. The molecule has 0 aromatic rings. The van der Waals surface area contributed by atoms with Gasteiger partial charge in [-0.15, -0.1) is 0 Å². The highest BCUT2D eigenvalue weighted by atomic mass is 16.6. The number of nitrogens with one attached hydrogen (secondary N) is 3. The molecule has 0 saturated heterocycles. The molecule has 3 amide bonds. The van der Waals surface area contributed by atoms with Gasteiger partial charge < -0.3 is 62.7 Å². The number of hydrazine groups is 1. The van der Waals surface area contributed by atoms with Crippen LogP contribution in [0.2, 0.25) is 0 Å². The number of methoxy groups -OCH3 is 2. The zero-order chi connectivity index (χ0) is 33.1. The predicted octanol–water partition coefficient (Wildman–Crippen LogP) is -2.98. The third kappa shape index (κ3) is 33.1. The van der Waals surface area contributed by atoms with Crippen LogP contribution < -0.4 is 21.9 Å². The van der Waals surface area contributed by atoms with Gasteiger partial charge in [0.2, 0.25) is 11.8 Å². The minimum Gasteiger partial charge on any atom is -0.382 e. The number of rotatable bonds is 35. The summed E-state index contributed by atoms with van der Waals surface area (Å²) in [4.78, 5) is 34.9. The maximum atomic E-state index is 11.7. The van der Waals surface area contributed by atoms with E-state index in [0.717, 1.165) is 0 Å². The Hall–Kier alpha value is -2.07. The molecule has 0 heterocycles. The van der Waals surface area contributed by atoms with E-state index in [2.05, 4.69) is 10.6 Å². The number of hydrogen-bond donors (Lipinski definition) is 4. The van der Waals surface area contributed by atoms with Crippen molar-refractivity contribution in [3.8, 4) is 0 Å². The first kappa shape index (κ1) is 42.9. The number of amides is 3. The van der Waals surface area contributed by atoms with Gasteiger partial charge in [-0.3, -0.25) is 19.8 Å². The predicted molar refractivity (Wildman–Crippen MR) is 158 cm³/mol. The van der Waals surface area contributed by atoms with E-state index in [0.29, 0.717) is 92.4 Å². The highest BCUT2D eigenvalue weighted by molar-refractivity contribution is 5.77. The second-order valence-corrected chi connectivity index (χ2v) is 8.89. The molecule has 0 aromatic carbocycles. The van der Waals surface area contributed by atoms with E-state index >= 15 is 0 Å². The second-order valence-electron chi connectivity index (χ2n) is 8.89. The lowest BCUT2D eigenvalue weighted by Gasteiger charge is -2.18. The Labute approximate surface area is 265 Å². The quantitative estimate of drug-likeness (QED) is 0.0231. The highest BCUT2D eigenvalue weighted by Gasteiger charge is 2.12. The highest BCUT2D eigenvalue weighted by Crippen LogP contribution is 1.97. The summed E-state index contributed by atoms with van der Waals surface area (Å²) in [5.41, 5.74) is 1.99. The first-order valence-corrected chi connectivity index (χ1v) is 14.8. The molecule has 5 N–H and O–H groups in total. The van der Waals surface area contributed by atoms with Crippen molar-refractivity contribution < 1.29 is 66.5 Å². The van der Waals surface area contributed by atoms with E-state index in [4.69, 9.17) is 57.9 Å². The SMILES string of the molecule is COCCOCCOCC(=O)NCCOCCOCC(COCCOCCNC(=O)COCCOCCOC)OCC(=O)NN. The minimum absolute atomic E-state index is 0.0594. The fourth-order valence-electron chi connectivity index (χ4n) is 2.93. The smallest absolute Gasteiger partial charge is 0.259 e. The Kier molecular flexibility index (Phi) is 33.2. The van der Waals surface area contributed by atoms with Gasteiger partial charge in [-0.1, -0.05) is 0 Å². The van der Waals surface area contributed by atoms with Gasteiger partial charge in [-0.05, 0) is 0 Å². The van der Waals surface area contributed by atoms with E-state index in [1.807, 2.05) is 5.43 Å². The summed E-state index contributed by atoms with van der Waals surface area (Å²) in [5, 5.41) is 5.37. The molecule has 0 radical (unpaired) electrons. The summed E-state index contributed by atoms with van der Waals surface area (Å²) in [6.45, 7) is 5.70. The number of nitrogens with two attached hydrogens (primary N) is 1. The number of carbonyl (C=O) groups is 3. The van der Waals surface area contributed by atoms with Crippen molar-refractivity contribution in [2.45, 2.75) is 6.10 Å².